The van der Waals surface area contributed by atoms with Gasteiger partial charge in [0.05, 0.1) is 23.2 Å². The number of thiazole rings is 1. The number of carbonyl (C=O) groups excluding carboxylic acids is 2. The van der Waals surface area contributed by atoms with Gasteiger partial charge < -0.3 is 19.6 Å². The van der Waals surface area contributed by atoms with Gasteiger partial charge in [0.2, 0.25) is 11.8 Å². The molecule has 0 aliphatic carbocycles. The quantitative estimate of drug-likeness (QED) is 0.780. The number of hydrogen-bond acceptors (Lipinski definition) is 6. The zero-order chi connectivity index (χ0) is 21.1. The van der Waals surface area contributed by atoms with Gasteiger partial charge in [0.15, 0.2) is 0 Å². The first kappa shape index (κ1) is 22.1. The van der Waals surface area contributed by atoms with E-state index in [2.05, 4.69) is 4.98 Å². The van der Waals surface area contributed by atoms with E-state index < -0.39 is 12.1 Å². The number of rotatable bonds is 4. The average molecular weight is 423 g/mol. The van der Waals surface area contributed by atoms with Crippen molar-refractivity contribution in [2.45, 2.75) is 19.6 Å². The molecule has 0 bridgehead atoms. The highest BCUT2D eigenvalue weighted by atomic mass is 32.1. The van der Waals surface area contributed by atoms with Crippen molar-refractivity contribution in [3.05, 3.63) is 16.1 Å². The number of methoxy groups -OCH3 is 1. The van der Waals surface area contributed by atoms with E-state index in [1.165, 1.54) is 7.11 Å². The van der Waals surface area contributed by atoms with Gasteiger partial charge in [-0.1, -0.05) is 0 Å². The number of fused-ring (bicyclic) bond motifs is 1. The number of carboxylic acids is 1. The predicted molar refractivity (Wildman–Crippen MR) is 91.4 cm³/mol. The molecular weight excluding hydrogens is 403 g/mol. The van der Waals surface area contributed by atoms with Gasteiger partial charge >= 0.3 is 12.1 Å². The van der Waals surface area contributed by atoms with Crippen LogP contribution in [0.2, 0.25) is 0 Å². The maximum atomic E-state index is 12.5. The van der Waals surface area contributed by atoms with E-state index in [-0.39, 0.29) is 30.3 Å². The van der Waals surface area contributed by atoms with E-state index in [1.54, 1.807) is 16.2 Å². The van der Waals surface area contributed by atoms with E-state index >= 15 is 0 Å². The van der Waals surface area contributed by atoms with Crippen molar-refractivity contribution in [2.24, 2.45) is 11.8 Å². The topological polar surface area (TPSA) is 100 Å². The molecule has 0 saturated carbocycles. The molecular formula is C16H20F3N3O5S. The first-order valence-corrected chi connectivity index (χ1v) is 9.17. The molecule has 2 aliphatic heterocycles. The van der Waals surface area contributed by atoms with Crippen molar-refractivity contribution in [2.75, 3.05) is 33.4 Å². The Morgan fingerprint density at radius 2 is 2.00 bits per heavy atom. The maximum absolute atomic E-state index is 12.5. The molecule has 28 heavy (non-hydrogen) atoms. The van der Waals surface area contributed by atoms with Crippen LogP contribution in [0.15, 0.2) is 5.38 Å². The highest BCUT2D eigenvalue weighted by molar-refractivity contribution is 7.09. The minimum atomic E-state index is -5.08. The van der Waals surface area contributed by atoms with Crippen LogP contribution in [0.3, 0.4) is 0 Å². The van der Waals surface area contributed by atoms with Crippen LogP contribution in [0.5, 0.6) is 0 Å². The van der Waals surface area contributed by atoms with Crippen LogP contribution < -0.4 is 0 Å². The standard InChI is InChI=1S/C14H19N3O3S.C2HF3O2/c1-9-15-11(8-21-9)5-17-4-10-3-16(13(18)7-20-2)6-12(10)14(17)19;3-2(4,5)1(6)7/h8,10,12H,3-7H2,1-2H3;(H,6,7)/t10-,12-;/m0./s1. The molecule has 0 spiro atoms. The zero-order valence-electron chi connectivity index (χ0n) is 15.2. The van der Waals surface area contributed by atoms with Crippen LogP contribution in [0, 0.1) is 18.8 Å². The third-order valence-electron chi connectivity index (χ3n) is 4.41. The Hall–Kier alpha value is -2.21. The summed E-state index contributed by atoms with van der Waals surface area (Å²) < 4.78 is 36.6. The third-order valence-corrected chi connectivity index (χ3v) is 5.23. The highest BCUT2D eigenvalue weighted by Crippen LogP contribution is 2.33. The summed E-state index contributed by atoms with van der Waals surface area (Å²) in [5.41, 5.74) is 0.957. The molecule has 2 fully saturated rings. The van der Waals surface area contributed by atoms with Gasteiger partial charge in [-0.3, -0.25) is 9.59 Å². The van der Waals surface area contributed by atoms with Crippen LogP contribution in [0.25, 0.3) is 0 Å². The van der Waals surface area contributed by atoms with E-state index in [1.807, 2.05) is 17.2 Å². The van der Waals surface area contributed by atoms with Gasteiger partial charge in [-0.2, -0.15) is 13.2 Å². The zero-order valence-corrected chi connectivity index (χ0v) is 16.0. The van der Waals surface area contributed by atoms with E-state index in [0.29, 0.717) is 19.6 Å². The summed E-state index contributed by atoms with van der Waals surface area (Å²) in [5.74, 6) is -2.43. The number of alkyl halides is 3. The summed E-state index contributed by atoms with van der Waals surface area (Å²) in [6.07, 6.45) is -5.08. The van der Waals surface area contributed by atoms with Crippen molar-refractivity contribution in [1.29, 1.82) is 0 Å². The number of aliphatic carboxylic acids is 1. The van der Waals surface area contributed by atoms with Crippen molar-refractivity contribution < 1.29 is 37.4 Å². The molecule has 0 aromatic carbocycles. The molecule has 0 unspecified atom stereocenters. The van der Waals surface area contributed by atoms with Crippen molar-refractivity contribution in [3.63, 3.8) is 0 Å². The van der Waals surface area contributed by atoms with Crippen LogP contribution in [-0.2, 0) is 25.7 Å². The van der Waals surface area contributed by atoms with Gasteiger partial charge in [0, 0.05) is 38.0 Å². The summed E-state index contributed by atoms with van der Waals surface area (Å²) in [6, 6.07) is 0. The molecule has 2 amide bonds. The minimum absolute atomic E-state index is 0.0265. The highest BCUT2D eigenvalue weighted by Gasteiger charge is 2.47. The molecule has 156 valence electrons. The number of carbonyl (C=O) groups is 3. The monoisotopic (exact) mass is 423 g/mol. The Bertz CT molecular complexity index is 739. The predicted octanol–water partition coefficient (Wildman–Crippen LogP) is 1.15. The second-order valence-corrected chi connectivity index (χ2v) is 7.54. The first-order valence-electron chi connectivity index (χ1n) is 8.29. The van der Waals surface area contributed by atoms with Gasteiger partial charge in [-0.25, -0.2) is 9.78 Å². The minimum Gasteiger partial charge on any atom is -0.475 e. The average Bonchev–Trinajstić information content (AvgIpc) is 3.26. The van der Waals surface area contributed by atoms with Crippen molar-refractivity contribution >= 4 is 29.1 Å². The second kappa shape index (κ2) is 8.86. The van der Waals surface area contributed by atoms with Crippen LogP contribution in [0.1, 0.15) is 10.7 Å². The van der Waals surface area contributed by atoms with E-state index in [0.717, 1.165) is 17.2 Å². The molecule has 1 aromatic heterocycles. The fraction of sp³-hybridized carbons (Fsp3) is 0.625. The number of aromatic nitrogens is 1. The lowest BCUT2D eigenvalue weighted by atomic mass is 10.0. The molecule has 0 radical (unpaired) electrons. The lowest BCUT2D eigenvalue weighted by Gasteiger charge is -2.21. The molecule has 2 aliphatic rings. The molecule has 2 saturated heterocycles. The summed E-state index contributed by atoms with van der Waals surface area (Å²) in [4.78, 5) is 41.2. The first-order chi connectivity index (χ1) is 13.0. The van der Waals surface area contributed by atoms with Crippen LogP contribution >= 0.6 is 11.3 Å². The largest absolute Gasteiger partial charge is 0.490 e. The molecule has 8 nitrogen and oxygen atoms in total. The Morgan fingerprint density at radius 1 is 1.36 bits per heavy atom. The maximum Gasteiger partial charge on any atom is 0.490 e. The Morgan fingerprint density at radius 3 is 2.46 bits per heavy atom. The summed E-state index contributed by atoms with van der Waals surface area (Å²) in [6.45, 7) is 4.55. The third kappa shape index (κ3) is 5.41. The van der Waals surface area contributed by atoms with Gasteiger partial charge in [0.25, 0.3) is 0 Å². The number of ether oxygens (including phenoxy) is 1. The summed E-state index contributed by atoms with van der Waals surface area (Å²) in [7, 11) is 1.51. The normalized spacial score (nSPS) is 21.4. The summed E-state index contributed by atoms with van der Waals surface area (Å²) in [5, 5.41) is 10.2. The molecule has 3 heterocycles. The van der Waals surface area contributed by atoms with Crippen LogP contribution in [-0.4, -0.2) is 77.2 Å². The van der Waals surface area contributed by atoms with Gasteiger partial charge in [-0.05, 0) is 6.92 Å². The smallest absolute Gasteiger partial charge is 0.475 e. The Kier molecular flexibility index (Phi) is 6.99. The van der Waals surface area contributed by atoms with Crippen LogP contribution in [0.4, 0.5) is 13.2 Å². The van der Waals surface area contributed by atoms with E-state index in [4.69, 9.17) is 14.6 Å². The van der Waals surface area contributed by atoms with Gasteiger partial charge in [-0.15, -0.1) is 11.3 Å². The number of carboxylic acid groups (broad SMARTS) is 1. The number of likely N-dealkylation sites (tertiary alicyclic amines) is 2. The van der Waals surface area contributed by atoms with E-state index in [9.17, 15) is 22.8 Å². The Balaban J connectivity index is 0.000000345. The Labute approximate surface area is 162 Å². The fourth-order valence-electron chi connectivity index (χ4n) is 3.18. The lowest BCUT2D eigenvalue weighted by Crippen LogP contribution is -2.37. The van der Waals surface area contributed by atoms with Crippen molar-refractivity contribution in [3.8, 4) is 0 Å². The molecule has 3 rings (SSSR count). The molecule has 1 N–H and O–H groups in total. The number of halogens is 3. The number of hydrogen-bond donors (Lipinski definition) is 1. The number of nitrogens with zero attached hydrogens (tertiary/aromatic N) is 3. The van der Waals surface area contributed by atoms with Gasteiger partial charge in [0.1, 0.15) is 6.61 Å². The SMILES string of the molecule is COCC(=O)N1C[C@H]2CN(Cc3csc(C)n3)C(=O)[C@H]2C1.O=C(O)C(F)(F)F. The van der Waals surface area contributed by atoms with Crippen molar-refractivity contribution in [1.82, 2.24) is 14.8 Å². The second-order valence-electron chi connectivity index (χ2n) is 6.48. The fourth-order valence-corrected chi connectivity index (χ4v) is 3.78. The lowest BCUT2D eigenvalue weighted by molar-refractivity contribution is -0.192. The number of amides is 2. The summed E-state index contributed by atoms with van der Waals surface area (Å²) >= 11 is 1.60. The number of aryl methyl sites for hydroxylation is 1. The molecule has 2 atom stereocenters. The molecule has 1 aromatic rings. The molecule has 12 heteroatoms.